The first-order valence-electron chi connectivity index (χ1n) is 9.11. The number of aromatic nitrogens is 2. The largest absolute Gasteiger partial charge is 0.352 e. The minimum atomic E-state index is -1.01. The van der Waals surface area contributed by atoms with E-state index in [1.165, 1.54) is 35.0 Å². The van der Waals surface area contributed by atoms with Crippen LogP contribution in [0.1, 0.15) is 21.7 Å². The molecule has 4 aromatic rings. The van der Waals surface area contributed by atoms with E-state index in [0.717, 1.165) is 12.1 Å². The van der Waals surface area contributed by atoms with E-state index in [1.54, 1.807) is 37.3 Å². The first-order chi connectivity index (χ1) is 14.4. The summed E-state index contributed by atoms with van der Waals surface area (Å²) in [5.41, 5.74) is 2.24. The molecule has 1 heterocycles. The van der Waals surface area contributed by atoms with Gasteiger partial charge in [0.25, 0.3) is 0 Å². The third kappa shape index (κ3) is 3.69. The van der Waals surface area contributed by atoms with E-state index >= 15 is 0 Å². The fourth-order valence-corrected chi connectivity index (χ4v) is 3.09. The fraction of sp³-hybridized carbons (Fsp3) is 0.0435. The third-order valence-electron chi connectivity index (χ3n) is 4.63. The van der Waals surface area contributed by atoms with Crippen molar-refractivity contribution in [3.8, 4) is 5.69 Å². The lowest BCUT2D eigenvalue weighted by molar-refractivity contribution is 0.103. The molecule has 0 aliphatic heterocycles. The maximum absolute atomic E-state index is 13.7. The van der Waals surface area contributed by atoms with Gasteiger partial charge in [-0.2, -0.15) is 5.10 Å². The van der Waals surface area contributed by atoms with Crippen molar-refractivity contribution < 1.29 is 18.0 Å². The summed E-state index contributed by atoms with van der Waals surface area (Å²) in [5.74, 6) is -2.73. The Kier molecular flexibility index (Phi) is 5.10. The quantitative estimate of drug-likeness (QED) is 0.440. The van der Waals surface area contributed by atoms with Gasteiger partial charge in [0.1, 0.15) is 5.82 Å². The number of carbonyl (C=O) groups is 1. The van der Waals surface area contributed by atoms with Crippen molar-refractivity contribution in [3.63, 3.8) is 0 Å². The molecule has 30 heavy (non-hydrogen) atoms. The predicted octanol–water partition coefficient (Wildman–Crippen LogP) is 5.57. The molecule has 0 bridgehead atoms. The van der Waals surface area contributed by atoms with Crippen LogP contribution in [0.15, 0.2) is 72.8 Å². The summed E-state index contributed by atoms with van der Waals surface area (Å²) in [4.78, 5) is 13.1. The standard InChI is InChI=1S/C23H16F3N3O/c1-14-21(27-17-9-12-19(25)20(26)13-17)22(23(30)15-5-3-2-4-6-15)28-29(14)18-10-7-16(24)8-11-18/h2-13,27H,1H3. The monoisotopic (exact) mass is 407 g/mol. The Morgan fingerprint density at radius 2 is 1.60 bits per heavy atom. The lowest BCUT2D eigenvalue weighted by Gasteiger charge is -2.09. The number of hydrogen-bond donors (Lipinski definition) is 1. The van der Waals surface area contributed by atoms with Crippen molar-refractivity contribution in [1.82, 2.24) is 9.78 Å². The Hall–Kier alpha value is -3.87. The molecule has 0 fully saturated rings. The molecule has 0 aliphatic rings. The molecule has 0 aliphatic carbocycles. The third-order valence-corrected chi connectivity index (χ3v) is 4.63. The first kappa shape index (κ1) is 19.4. The predicted molar refractivity (Wildman–Crippen MR) is 108 cm³/mol. The Labute approximate surface area is 170 Å². The second-order valence-corrected chi connectivity index (χ2v) is 6.65. The van der Waals surface area contributed by atoms with Gasteiger partial charge >= 0.3 is 0 Å². The van der Waals surface area contributed by atoms with Crippen LogP contribution in [0, 0.1) is 24.4 Å². The minimum absolute atomic E-state index is 0.104. The van der Waals surface area contributed by atoms with E-state index in [2.05, 4.69) is 10.4 Å². The van der Waals surface area contributed by atoms with E-state index in [0.29, 0.717) is 22.6 Å². The van der Waals surface area contributed by atoms with Crippen molar-refractivity contribution >= 4 is 17.2 Å². The molecule has 0 saturated heterocycles. The highest BCUT2D eigenvalue weighted by atomic mass is 19.2. The molecule has 0 saturated carbocycles. The van der Waals surface area contributed by atoms with Gasteiger partial charge in [0.2, 0.25) is 5.78 Å². The molecule has 0 radical (unpaired) electrons. The minimum Gasteiger partial charge on any atom is -0.352 e. The van der Waals surface area contributed by atoms with Gasteiger partial charge in [-0.05, 0) is 43.3 Å². The van der Waals surface area contributed by atoms with E-state index in [9.17, 15) is 18.0 Å². The summed E-state index contributed by atoms with van der Waals surface area (Å²) in [7, 11) is 0. The number of rotatable bonds is 5. The Morgan fingerprint density at radius 3 is 2.27 bits per heavy atom. The van der Waals surface area contributed by atoms with Crippen molar-refractivity contribution in [2.24, 2.45) is 0 Å². The van der Waals surface area contributed by atoms with Crippen LogP contribution >= 0.6 is 0 Å². The molecule has 150 valence electrons. The molecule has 0 atom stereocenters. The number of hydrogen-bond acceptors (Lipinski definition) is 3. The van der Waals surface area contributed by atoms with Crippen molar-refractivity contribution in [2.75, 3.05) is 5.32 Å². The normalized spacial score (nSPS) is 10.8. The maximum Gasteiger partial charge on any atom is 0.215 e. The molecule has 4 nitrogen and oxygen atoms in total. The van der Waals surface area contributed by atoms with Crippen LogP contribution in [0.2, 0.25) is 0 Å². The summed E-state index contributed by atoms with van der Waals surface area (Å²) in [6.07, 6.45) is 0. The summed E-state index contributed by atoms with van der Waals surface area (Å²) in [6, 6.07) is 17.6. The van der Waals surface area contributed by atoms with Gasteiger partial charge in [-0.1, -0.05) is 30.3 Å². The molecular formula is C23H16F3N3O. The fourth-order valence-electron chi connectivity index (χ4n) is 3.09. The zero-order valence-electron chi connectivity index (χ0n) is 15.9. The summed E-state index contributed by atoms with van der Waals surface area (Å²) >= 11 is 0. The molecule has 1 aromatic heterocycles. The summed E-state index contributed by atoms with van der Waals surface area (Å²) in [6.45, 7) is 1.72. The smallest absolute Gasteiger partial charge is 0.215 e. The molecule has 4 rings (SSSR count). The topological polar surface area (TPSA) is 46.9 Å². The zero-order chi connectivity index (χ0) is 21.3. The number of benzene rings is 3. The van der Waals surface area contributed by atoms with Gasteiger partial charge in [-0.25, -0.2) is 17.9 Å². The van der Waals surface area contributed by atoms with Gasteiger partial charge in [0, 0.05) is 17.3 Å². The van der Waals surface area contributed by atoms with Crippen LogP contribution in [0.25, 0.3) is 5.69 Å². The second kappa shape index (κ2) is 7.87. The van der Waals surface area contributed by atoms with Gasteiger partial charge in [0.05, 0.1) is 17.1 Å². The Morgan fingerprint density at radius 1 is 0.900 bits per heavy atom. The first-order valence-corrected chi connectivity index (χ1v) is 9.11. The highest BCUT2D eigenvalue weighted by Crippen LogP contribution is 2.29. The van der Waals surface area contributed by atoms with E-state index < -0.39 is 17.5 Å². The molecular weight excluding hydrogens is 391 g/mol. The molecule has 0 unspecified atom stereocenters. The highest BCUT2D eigenvalue weighted by molar-refractivity contribution is 6.11. The number of anilines is 2. The van der Waals surface area contributed by atoms with Gasteiger partial charge in [0.15, 0.2) is 17.3 Å². The van der Waals surface area contributed by atoms with Crippen LogP contribution in [0.5, 0.6) is 0 Å². The molecule has 0 spiro atoms. The van der Waals surface area contributed by atoms with Crippen LogP contribution < -0.4 is 5.32 Å². The number of ketones is 1. The van der Waals surface area contributed by atoms with Crippen molar-refractivity contribution in [3.05, 3.63) is 107 Å². The SMILES string of the molecule is Cc1c(Nc2ccc(F)c(F)c2)c(C(=O)c2ccccc2)nn1-c1ccc(F)cc1. The molecule has 0 amide bonds. The number of nitrogens with one attached hydrogen (secondary N) is 1. The number of carbonyl (C=O) groups excluding carboxylic acids is 1. The maximum atomic E-state index is 13.7. The molecule has 1 N–H and O–H groups in total. The average Bonchev–Trinajstić information content (AvgIpc) is 3.07. The molecule has 7 heteroatoms. The number of halogens is 3. The lowest BCUT2D eigenvalue weighted by Crippen LogP contribution is -2.06. The number of nitrogens with zero attached hydrogens (tertiary/aromatic N) is 2. The Balaban J connectivity index is 1.84. The Bertz CT molecular complexity index is 1220. The average molecular weight is 407 g/mol. The summed E-state index contributed by atoms with van der Waals surface area (Å²) in [5, 5.41) is 7.41. The van der Waals surface area contributed by atoms with E-state index in [4.69, 9.17) is 0 Å². The summed E-state index contributed by atoms with van der Waals surface area (Å²) < 4.78 is 41.8. The lowest BCUT2D eigenvalue weighted by atomic mass is 10.1. The van der Waals surface area contributed by atoms with E-state index in [-0.39, 0.29) is 17.2 Å². The highest BCUT2D eigenvalue weighted by Gasteiger charge is 2.23. The van der Waals surface area contributed by atoms with Gasteiger partial charge in [-0.3, -0.25) is 4.79 Å². The van der Waals surface area contributed by atoms with Crippen molar-refractivity contribution in [2.45, 2.75) is 6.92 Å². The van der Waals surface area contributed by atoms with Crippen LogP contribution in [0.3, 0.4) is 0 Å². The zero-order valence-corrected chi connectivity index (χ0v) is 15.9. The van der Waals surface area contributed by atoms with Crippen LogP contribution in [-0.2, 0) is 0 Å². The van der Waals surface area contributed by atoms with E-state index in [1.807, 2.05) is 0 Å². The second-order valence-electron chi connectivity index (χ2n) is 6.65. The van der Waals surface area contributed by atoms with Crippen LogP contribution in [-0.4, -0.2) is 15.6 Å². The van der Waals surface area contributed by atoms with Crippen LogP contribution in [0.4, 0.5) is 24.5 Å². The van der Waals surface area contributed by atoms with Gasteiger partial charge < -0.3 is 5.32 Å². The molecule has 3 aromatic carbocycles. The van der Waals surface area contributed by atoms with Crippen molar-refractivity contribution in [1.29, 1.82) is 0 Å². The van der Waals surface area contributed by atoms with Gasteiger partial charge in [-0.15, -0.1) is 0 Å².